The molecule has 134 valence electrons. The molecule has 4 heterocycles. The Bertz CT molecular complexity index is 1130. The second-order valence-corrected chi connectivity index (χ2v) is 7.24. The number of fused-ring (bicyclic) bond motifs is 2. The van der Waals surface area contributed by atoms with Gasteiger partial charge in [0.25, 0.3) is 0 Å². The van der Waals surface area contributed by atoms with E-state index < -0.39 is 11.8 Å². The zero-order chi connectivity index (χ0) is 18.7. The van der Waals surface area contributed by atoms with Crippen LogP contribution in [0.5, 0.6) is 0 Å². The molecule has 9 heteroatoms. The summed E-state index contributed by atoms with van der Waals surface area (Å²) in [4.78, 5) is 8.96. The number of nitrogens with zero attached hydrogens (tertiary/aromatic N) is 4. The molecule has 0 aliphatic carbocycles. The Morgan fingerprint density at radius 3 is 2.65 bits per heavy atom. The molecule has 26 heavy (non-hydrogen) atoms. The molecule has 0 aromatic carbocycles. The lowest BCUT2D eigenvalue weighted by Gasteiger charge is -2.24. The van der Waals surface area contributed by atoms with E-state index in [4.69, 9.17) is 0 Å². The minimum Gasteiger partial charge on any atom is -0.376 e. The molecule has 0 bridgehead atoms. The number of halogens is 3. The van der Waals surface area contributed by atoms with Crippen LogP contribution in [0.25, 0.3) is 32.5 Å². The molecule has 1 N–H and O–H groups in total. The highest BCUT2D eigenvalue weighted by Gasteiger charge is 2.52. The van der Waals surface area contributed by atoms with Crippen molar-refractivity contribution >= 4 is 32.6 Å². The van der Waals surface area contributed by atoms with Gasteiger partial charge in [0, 0.05) is 40.7 Å². The number of alkyl halides is 3. The second-order valence-electron chi connectivity index (χ2n) is 6.21. The van der Waals surface area contributed by atoms with Gasteiger partial charge in [-0.3, -0.25) is 4.68 Å². The Hall–Kier alpha value is -2.52. The Balaban J connectivity index is 1.79. The molecule has 0 aliphatic heterocycles. The molecule has 1 unspecified atom stereocenters. The Morgan fingerprint density at radius 1 is 1.15 bits per heavy atom. The van der Waals surface area contributed by atoms with Gasteiger partial charge in [-0.2, -0.15) is 18.3 Å². The molecule has 0 spiro atoms. The predicted molar refractivity (Wildman–Crippen MR) is 92.7 cm³/mol. The third-order valence-corrected chi connectivity index (χ3v) is 5.44. The lowest BCUT2D eigenvalue weighted by atomic mass is 10.0. The maximum atomic E-state index is 13.1. The van der Waals surface area contributed by atoms with Crippen molar-refractivity contribution in [3.63, 3.8) is 0 Å². The number of aliphatic hydroxyl groups is 1. The smallest absolute Gasteiger partial charge is 0.376 e. The first kappa shape index (κ1) is 16.9. The average molecular weight is 378 g/mol. The van der Waals surface area contributed by atoms with Crippen LogP contribution in [0.15, 0.2) is 36.7 Å². The van der Waals surface area contributed by atoms with Crippen LogP contribution in [0.4, 0.5) is 13.2 Å². The lowest BCUT2D eigenvalue weighted by molar-refractivity contribution is -0.257. The Kier molecular flexibility index (Phi) is 3.57. The van der Waals surface area contributed by atoms with Crippen LogP contribution >= 0.6 is 11.3 Å². The average Bonchev–Trinajstić information content (AvgIpc) is 3.14. The normalized spacial score (nSPS) is 14.8. The van der Waals surface area contributed by atoms with Gasteiger partial charge in [0.2, 0.25) is 0 Å². The summed E-state index contributed by atoms with van der Waals surface area (Å²) in [6.07, 6.45) is -1.30. The van der Waals surface area contributed by atoms with Crippen LogP contribution < -0.4 is 0 Å². The Morgan fingerprint density at radius 2 is 1.92 bits per heavy atom. The number of aryl methyl sites for hydroxylation is 1. The third-order valence-electron chi connectivity index (χ3n) is 4.18. The maximum absolute atomic E-state index is 13.1. The Labute approximate surface area is 149 Å². The van der Waals surface area contributed by atoms with Gasteiger partial charge in [0.05, 0.1) is 5.69 Å². The topological polar surface area (TPSA) is 63.8 Å². The summed E-state index contributed by atoms with van der Waals surface area (Å²) in [7, 11) is 1.80. The summed E-state index contributed by atoms with van der Waals surface area (Å²) in [6, 6.07) is 6.62. The van der Waals surface area contributed by atoms with Crippen LogP contribution in [0.1, 0.15) is 11.8 Å². The van der Waals surface area contributed by atoms with Crippen molar-refractivity contribution in [1.29, 1.82) is 0 Å². The molecule has 4 aromatic heterocycles. The first-order chi connectivity index (χ1) is 12.1. The SMILES string of the molecule is Cn1cc2cc(-c3ccc4cc(C(C)(O)C(F)(F)F)sc4n3)cnc2n1. The van der Waals surface area contributed by atoms with Crippen LogP contribution in [-0.2, 0) is 12.6 Å². The largest absolute Gasteiger partial charge is 0.421 e. The van der Waals surface area contributed by atoms with Gasteiger partial charge >= 0.3 is 6.18 Å². The van der Waals surface area contributed by atoms with E-state index in [0.29, 0.717) is 21.6 Å². The van der Waals surface area contributed by atoms with Gasteiger partial charge in [-0.25, -0.2) is 9.97 Å². The van der Waals surface area contributed by atoms with Crippen molar-refractivity contribution in [3.05, 3.63) is 41.5 Å². The quantitative estimate of drug-likeness (QED) is 0.572. The van der Waals surface area contributed by atoms with Gasteiger partial charge < -0.3 is 5.11 Å². The molecule has 0 saturated carbocycles. The van der Waals surface area contributed by atoms with Crippen LogP contribution in [-0.4, -0.2) is 31.0 Å². The molecule has 4 aromatic rings. The van der Waals surface area contributed by atoms with Crippen molar-refractivity contribution in [1.82, 2.24) is 19.7 Å². The second kappa shape index (κ2) is 5.49. The molecule has 4 rings (SSSR count). The van der Waals surface area contributed by atoms with Crippen molar-refractivity contribution < 1.29 is 18.3 Å². The van der Waals surface area contributed by atoms with Gasteiger partial charge in [-0.05, 0) is 31.2 Å². The molecule has 0 aliphatic rings. The van der Waals surface area contributed by atoms with E-state index >= 15 is 0 Å². The fourth-order valence-electron chi connectivity index (χ4n) is 2.63. The monoisotopic (exact) mass is 378 g/mol. The zero-order valence-electron chi connectivity index (χ0n) is 13.7. The highest BCUT2D eigenvalue weighted by molar-refractivity contribution is 7.18. The van der Waals surface area contributed by atoms with Crippen LogP contribution in [0, 0.1) is 0 Å². The molecular weight excluding hydrogens is 365 g/mol. The maximum Gasteiger partial charge on any atom is 0.421 e. The molecule has 5 nitrogen and oxygen atoms in total. The molecule has 1 atom stereocenters. The summed E-state index contributed by atoms with van der Waals surface area (Å²) in [5.74, 6) is 0. The van der Waals surface area contributed by atoms with Crippen LogP contribution in [0.3, 0.4) is 0 Å². The van der Waals surface area contributed by atoms with Crippen molar-refractivity contribution in [2.24, 2.45) is 7.05 Å². The minimum absolute atomic E-state index is 0.189. The highest BCUT2D eigenvalue weighted by atomic mass is 32.1. The van der Waals surface area contributed by atoms with Gasteiger partial charge in [-0.1, -0.05) is 0 Å². The van der Waals surface area contributed by atoms with Gasteiger partial charge in [-0.15, -0.1) is 11.3 Å². The van der Waals surface area contributed by atoms with Crippen molar-refractivity contribution in [2.45, 2.75) is 18.7 Å². The number of hydrogen-bond acceptors (Lipinski definition) is 5. The predicted octanol–water partition coefficient (Wildman–Crippen LogP) is 4.01. The number of aromatic nitrogens is 4. The number of thiophene rings is 1. The number of hydrogen-bond donors (Lipinski definition) is 1. The molecular formula is C17H13F3N4OS. The summed E-state index contributed by atoms with van der Waals surface area (Å²) >= 11 is 0.830. The van der Waals surface area contributed by atoms with E-state index in [1.807, 2.05) is 12.3 Å². The standard InChI is InChI=1S/C17H13F3N4OS/c1-16(25,17(18,19)20)13-6-9-3-4-12(22-15(9)26-13)10-5-11-8-24(2)23-14(11)21-7-10/h3-8,25H,1-2H3. The zero-order valence-corrected chi connectivity index (χ0v) is 14.6. The minimum atomic E-state index is -4.76. The first-order valence-corrected chi connectivity index (χ1v) is 8.47. The first-order valence-electron chi connectivity index (χ1n) is 7.65. The van der Waals surface area contributed by atoms with Gasteiger partial charge in [0.1, 0.15) is 4.83 Å². The summed E-state index contributed by atoms with van der Waals surface area (Å²) in [6.45, 7) is 0.749. The van der Waals surface area contributed by atoms with Crippen molar-refractivity contribution in [3.8, 4) is 11.3 Å². The number of pyridine rings is 2. The van der Waals surface area contributed by atoms with E-state index in [9.17, 15) is 18.3 Å². The fourth-order valence-corrected chi connectivity index (χ4v) is 3.73. The molecule has 0 saturated heterocycles. The summed E-state index contributed by atoms with van der Waals surface area (Å²) < 4.78 is 40.8. The van der Waals surface area contributed by atoms with E-state index in [1.165, 1.54) is 6.07 Å². The summed E-state index contributed by atoms with van der Waals surface area (Å²) in [5.41, 5.74) is -0.966. The van der Waals surface area contributed by atoms with Crippen molar-refractivity contribution in [2.75, 3.05) is 0 Å². The van der Waals surface area contributed by atoms with Crippen LogP contribution in [0.2, 0.25) is 0 Å². The van der Waals surface area contributed by atoms with E-state index in [2.05, 4.69) is 15.1 Å². The summed E-state index contributed by atoms with van der Waals surface area (Å²) in [5, 5.41) is 15.5. The fraction of sp³-hybridized carbons (Fsp3) is 0.235. The van der Waals surface area contributed by atoms with E-state index in [-0.39, 0.29) is 4.88 Å². The molecule has 0 radical (unpaired) electrons. The van der Waals surface area contributed by atoms with E-state index in [0.717, 1.165) is 29.2 Å². The van der Waals surface area contributed by atoms with Gasteiger partial charge in [0.15, 0.2) is 11.2 Å². The molecule has 0 amide bonds. The number of rotatable bonds is 2. The highest BCUT2D eigenvalue weighted by Crippen LogP contribution is 2.43. The lowest BCUT2D eigenvalue weighted by Crippen LogP contribution is -2.38. The molecule has 0 fully saturated rings. The van der Waals surface area contributed by atoms with E-state index in [1.54, 1.807) is 30.1 Å². The third kappa shape index (κ3) is 2.63.